The number of rotatable bonds is 12. The van der Waals surface area contributed by atoms with Crippen LogP contribution in [0.5, 0.6) is 0 Å². The topological polar surface area (TPSA) is 131 Å². The number of carbonyl (C=O) groups is 2. The minimum atomic E-state index is -0.560. The van der Waals surface area contributed by atoms with Gasteiger partial charge in [0.05, 0.1) is 41.9 Å². The molecule has 2 aliphatic rings. The molecule has 0 bridgehead atoms. The van der Waals surface area contributed by atoms with Gasteiger partial charge >= 0.3 is 11.9 Å². The number of esters is 2. The van der Waals surface area contributed by atoms with Gasteiger partial charge in [0, 0.05) is 17.3 Å². The van der Waals surface area contributed by atoms with Crippen LogP contribution in [0.25, 0.3) is 11.4 Å². The maximum Gasteiger partial charge on any atom is 0.338 e. The largest absolute Gasteiger partial charge is 0.462 e. The quantitative estimate of drug-likeness (QED) is 0.124. The first kappa shape index (κ1) is 30.5. The number of hydrogen-bond acceptors (Lipinski definition) is 10. The molecule has 2 aliphatic heterocycles. The van der Waals surface area contributed by atoms with Crippen LogP contribution in [0.15, 0.2) is 95.4 Å². The molecular formula is C34H38N6O4. The van der Waals surface area contributed by atoms with E-state index in [9.17, 15) is 9.59 Å². The number of ether oxygens (including phenoxy) is 2. The predicted molar refractivity (Wildman–Crippen MR) is 168 cm³/mol. The lowest BCUT2D eigenvalue weighted by Gasteiger charge is -2.23. The lowest BCUT2D eigenvalue weighted by atomic mass is 10.0. The minimum Gasteiger partial charge on any atom is -0.462 e. The van der Waals surface area contributed by atoms with Crippen molar-refractivity contribution in [1.29, 1.82) is 0 Å². The Balaban J connectivity index is 1.31. The SMILES string of the molecule is CCCCOC(=O)c1ccccc1C1N=NC=C(c2cccc(C3=CN(N)C(c4ccccc4C(=O)OCCCC)N3)c2)N1. The van der Waals surface area contributed by atoms with Crippen molar-refractivity contribution in [1.82, 2.24) is 15.6 Å². The zero-order valence-corrected chi connectivity index (χ0v) is 25.0. The van der Waals surface area contributed by atoms with Crippen LogP contribution in [-0.2, 0) is 9.47 Å². The maximum atomic E-state index is 12.8. The second kappa shape index (κ2) is 14.5. The van der Waals surface area contributed by atoms with E-state index in [-0.39, 0.29) is 11.9 Å². The molecule has 5 rings (SSSR count). The van der Waals surface area contributed by atoms with Gasteiger partial charge in [-0.2, -0.15) is 10.2 Å². The third-order valence-corrected chi connectivity index (χ3v) is 7.43. The summed E-state index contributed by atoms with van der Waals surface area (Å²) < 4.78 is 11.0. The van der Waals surface area contributed by atoms with E-state index in [1.165, 1.54) is 0 Å². The molecule has 0 aliphatic carbocycles. The minimum absolute atomic E-state index is 0.366. The molecular weight excluding hydrogens is 556 g/mol. The summed E-state index contributed by atoms with van der Waals surface area (Å²) in [6, 6.07) is 22.5. The van der Waals surface area contributed by atoms with Crippen molar-refractivity contribution in [2.45, 2.75) is 51.9 Å². The van der Waals surface area contributed by atoms with Gasteiger partial charge in [0.15, 0.2) is 6.17 Å². The first-order valence-corrected chi connectivity index (χ1v) is 15.0. The predicted octanol–water partition coefficient (Wildman–Crippen LogP) is 6.43. The zero-order chi connectivity index (χ0) is 30.9. The highest BCUT2D eigenvalue weighted by molar-refractivity contribution is 5.92. The molecule has 10 heteroatoms. The standard InChI is InChI=1S/C34H38N6O4/c1-3-5-18-43-33(41)27-16-9-7-14-25(27)31-37-29(21-36-39-31)23-12-11-13-24(20-23)30-22-40(35)32(38-30)26-15-8-10-17-28(26)34(42)44-19-6-4-2/h7-17,20-22,31-32,37-38H,3-6,18-19,35H2,1-2H3. The summed E-state index contributed by atoms with van der Waals surface area (Å²) >= 11 is 0. The Hall–Kier alpha value is -4.96. The fraction of sp³-hybridized carbons (Fsp3) is 0.294. The summed E-state index contributed by atoms with van der Waals surface area (Å²) in [5.74, 6) is 5.68. The lowest BCUT2D eigenvalue weighted by molar-refractivity contribution is 0.0487. The molecule has 44 heavy (non-hydrogen) atoms. The number of nitrogens with zero attached hydrogens (tertiary/aromatic N) is 3. The summed E-state index contributed by atoms with van der Waals surface area (Å²) in [6.07, 6.45) is 5.96. The first-order valence-electron chi connectivity index (χ1n) is 15.0. The highest BCUT2D eigenvalue weighted by Crippen LogP contribution is 2.32. The summed E-state index contributed by atoms with van der Waals surface area (Å²) in [7, 11) is 0. The van der Waals surface area contributed by atoms with Gasteiger partial charge in [-0.15, -0.1) is 0 Å². The molecule has 0 saturated heterocycles. The normalized spacial score (nSPS) is 17.3. The molecule has 2 heterocycles. The van der Waals surface area contributed by atoms with Gasteiger partial charge in [0.2, 0.25) is 0 Å². The van der Waals surface area contributed by atoms with E-state index in [2.05, 4.69) is 27.8 Å². The molecule has 0 fully saturated rings. The van der Waals surface area contributed by atoms with Crippen LogP contribution in [0.2, 0.25) is 0 Å². The monoisotopic (exact) mass is 594 g/mol. The first-order chi connectivity index (χ1) is 21.5. The lowest BCUT2D eigenvalue weighted by Crippen LogP contribution is -2.33. The number of unbranched alkanes of at least 4 members (excludes halogenated alkanes) is 2. The van der Waals surface area contributed by atoms with Crippen LogP contribution < -0.4 is 16.5 Å². The molecule has 2 atom stereocenters. The Morgan fingerprint density at radius 2 is 1.39 bits per heavy atom. The second-order valence-corrected chi connectivity index (χ2v) is 10.6. The third kappa shape index (κ3) is 6.98. The number of hydrogen-bond donors (Lipinski definition) is 3. The van der Waals surface area contributed by atoms with E-state index >= 15 is 0 Å². The molecule has 0 radical (unpaired) electrons. The Morgan fingerprint density at radius 1 is 0.795 bits per heavy atom. The molecule has 4 N–H and O–H groups in total. The number of nitrogens with two attached hydrogens (primary N) is 1. The van der Waals surface area contributed by atoms with E-state index in [4.69, 9.17) is 15.3 Å². The number of benzene rings is 3. The van der Waals surface area contributed by atoms with Crippen molar-refractivity contribution in [2.75, 3.05) is 13.2 Å². The molecule has 10 nitrogen and oxygen atoms in total. The summed E-state index contributed by atoms with van der Waals surface area (Å²) in [5, 5.41) is 17.1. The van der Waals surface area contributed by atoms with Crippen molar-refractivity contribution in [2.24, 2.45) is 16.1 Å². The average molecular weight is 595 g/mol. The van der Waals surface area contributed by atoms with Crippen molar-refractivity contribution in [3.63, 3.8) is 0 Å². The molecule has 2 unspecified atom stereocenters. The Morgan fingerprint density at radius 3 is 2.05 bits per heavy atom. The van der Waals surface area contributed by atoms with Gasteiger partial charge < -0.3 is 20.1 Å². The fourth-order valence-corrected chi connectivity index (χ4v) is 5.02. The van der Waals surface area contributed by atoms with Gasteiger partial charge in [-0.3, -0.25) is 5.01 Å². The third-order valence-electron chi connectivity index (χ3n) is 7.43. The van der Waals surface area contributed by atoms with Crippen LogP contribution in [0, 0.1) is 0 Å². The van der Waals surface area contributed by atoms with Crippen LogP contribution >= 0.6 is 0 Å². The van der Waals surface area contributed by atoms with E-state index in [1.54, 1.807) is 23.3 Å². The maximum absolute atomic E-state index is 12.8. The average Bonchev–Trinajstić information content (AvgIpc) is 3.46. The van der Waals surface area contributed by atoms with Crippen molar-refractivity contribution < 1.29 is 19.1 Å². The van der Waals surface area contributed by atoms with Crippen molar-refractivity contribution in [3.05, 3.63) is 119 Å². The van der Waals surface area contributed by atoms with Crippen molar-refractivity contribution in [3.8, 4) is 0 Å². The summed E-state index contributed by atoms with van der Waals surface area (Å²) in [4.78, 5) is 25.6. The summed E-state index contributed by atoms with van der Waals surface area (Å²) in [5.41, 5.74) is 5.67. The fourth-order valence-electron chi connectivity index (χ4n) is 5.02. The van der Waals surface area contributed by atoms with Crippen LogP contribution in [0.3, 0.4) is 0 Å². The number of nitrogens with one attached hydrogen (secondary N) is 2. The molecule has 228 valence electrons. The Kier molecular flexibility index (Phi) is 10.0. The van der Waals surface area contributed by atoms with E-state index < -0.39 is 12.3 Å². The van der Waals surface area contributed by atoms with Crippen LogP contribution in [-0.4, -0.2) is 30.2 Å². The highest BCUT2D eigenvalue weighted by Gasteiger charge is 2.29. The molecule has 0 aromatic heterocycles. The zero-order valence-electron chi connectivity index (χ0n) is 25.0. The molecule has 3 aromatic rings. The van der Waals surface area contributed by atoms with Crippen LogP contribution in [0.4, 0.5) is 0 Å². The van der Waals surface area contributed by atoms with E-state index in [0.29, 0.717) is 29.9 Å². The molecule has 0 saturated carbocycles. The Labute approximate surface area is 257 Å². The summed E-state index contributed by atoms with van der Waals surface area (Å²) in [6.45, 7) is 4.85. The van der Waals surface area contributed by atoms with Gasteiger partial charge in [-0.25, -0.2) is 15.4 Å². The molecule has 0 amide bonds. The second-order valence-electron chi connectivity index (χ2n) is 10.6. The van der Waals surface area contributed by atoms with Crippen molar-refractivity contribution >= 4 is 23.3 Å². The van der Waals surface area contributed by atoms with Gasteiger partial charge in [0.25, 0.3) is 0 Å². The number of carbonyl (C=O) groups excluding carboxylic acids is 2. The van der Waals surface area contributed by atoms with Gasteiger partial charge in [-0.1, -0.05) is 81.3 Å². The van der Waals surface area contributed by atoms with Crippen LogP contribution in [0.1, 0.15) is 94.8 Å². The Bertz CT molecular complexity index is 1580. The number of azo groups is 1. The van der Waals surface area contributed by atoms with Gasteiger partial charge in [-0.05, 0) is 42.2 Å². The smallest absolute Gasteiger partial charge is 0.338 e. The molecule has 3 aromatic carbocycles. The highest BCUT2D eigenvalue weighted by atomic mass is 16.5. The van der Waals surface area contributed by atoms with E-state index in [0.717, 1.165) is 53.8 Å². The molecule has 0 spiro atoms. The van der Waals surface area contributed by atoms with Gasteiger partial charge in [0.1, 0.15) is 6.17 Å². The number of hydrazine groups is 1. The van der Waals surface area contributed by atoms with E-state index in [1.807, 2.05) is 73.8 Å².